The first kappa shape index (κ1) is 15.1. The molecule has 0 atom stereocenters. The molecule has 1 saturated heterocycles. The van der Waals surface area contributed by atoms with E-state index in [2.05, 4.69) is 52.4 Å². The first-order valence-corrected chi connectivity index (χ1v) is 9.13. The molecule has 3 heterocycles. The molecule has 2 fully saturated rings. The van der Waals surface area contributed by atoms with Crippen LogP contribution >= 0.6 is 0 Å². The maximum absolute atomic E-state index is 4.52. The molecule has 124 valence electrons. The fourth-order valence-corrected chi connectivity index (χ4v) is 3.74. The lowest BCUT2D eigenvalue weighted by Crippen LogP contribution is -2.29. The van der Waals surface area contributed by atoms with Gasteiger partial charge < -0.3 is 0 Å². The van der Waals surface area contributed by atoms with Crippen LogP contribution in [0.15, 0.2) is 12.1 Å². The fraction of sp³-hybridized carbons (Fsp3) is 0.684. The van der Waals surface area contributed by atoms with Crippen molar-refractivity contribution < 1.29 is 0 Å². The lowest BCUT2D eigenvalue weighted by atomic mass is 9.95. The van der Waals surface area contributed by atoms with E-state index in [0.29, 0.717) is 5.92 Å². The van der Waals surface area contributed by atoms with Gasteiger partial charge in [0.05, 0.1) is 0 Å². The van der Waals surface area contributed by atoms with Gasteiger partial charge >= 0.3 is 0 Å². The smallest absolute Gasteiger partial charge is 0.161 e. The lowest BCUT2D eigenvalue weighted by molar-refractivity contribution is 0.221. The summed E-state index contributed by atoms with van der Waals surface area (Å²) in [6.07, 6.45) is 6.70. The highest BCUT2D eigenvalue weighted by Crippen LogP contribution is 2.41. The van der Waals surface area contributed by atoms with Crippen LogP contribution in [-0.4, -0.2) is 32.6 Å². The van der Waals surface area contributed by atoms with E-state index >= 15 is 0 Å². The Hall–Kier alpha value is -1.42. The Morgan fingerprint density at radius 1 is 1.04 bits per heavy atom. The summed E-state index contributed by atoms with van der Waals surface area (Å²) in [5, 5.41) is 9.03. The minimum atomic E-state index is 0.0252. The molecule has 1 aliphatic carbocycles. The predicted molar refractivity (Wildman–Crippen MR) is 92.8 cm³/mol. The Kier molecular flexibility index (Phi) is 3.67. The van der Waals surface area contributed by atoms with Gasteiger partial charge in [0, 0.05) is 17.7 Å². The predicted octanol–water partition coefficient (Wildman–Crippen LogP) is 3.89. The maximum Gasteiger partial charge on any atom is 0.161 e. The molecule has 0 N–H and O–H groups in total. The summed E-state index contributed by atoms with van der Waals surface area (Å²) in [4.78, 5) is 2.59. The molecule has 0 amide bonds. The van der Waals surface area contributed by atoms with E-state index in [1.54, 1.807) is 0 Å². The topological polar surface area (TPSA) is 33.4 Å². The summed E-state index contributed by atoms with van der Waals surface area (Å²) in [5.74, 6) is 1.80. The summed E-state index contributed by atoms with van der Waals surface area (Å²) >= 11 is 0. The molecule has 1 saturated carbocycles. The molecule has 0 unspecified atom stereocenters. The standard InChI is InChI=1S/C19H28N4/c1-19(2,3)18-21-20-17-12-14(13-22-9-5-4-6-10-22)11-16(23(17)18)15-7-8-15/h11-12,15H,4-10,13H2,1-3H3. The molecule has 4 rings (SSSR count). The van der Waals surface area contributed by atoms with Crippen molar-refractivity contribution >= 4 is 5.65 Å². The zero-order chi connectivity index (χ0) is 16.0. The summed E-state index contributed by atoms with van der Waals surface area (Å²) in [5.41, 5.74) is 3.90. The highest BCUT2D eigenvalue weighted by Gasteiger charge is 2.30. The number of aromatic nitrogens is 3. The molecular weight excluding hydrogens is 284 g/mol. The molecule has 4 nitrogen and oxygen atoms in total. The Morgan fingerprint density at radius 2 is 1.78 bits per heavy atom. The Morgan fingerprint density at radius 3 is 2.43 bits per heavy atom. The quantitative estimate of drug-likeness (QED) is 0.862. The highest BCUT2D eigenvalue weighted by atomic mass is 15.3. The number of hydrogen-bond donors (Lipinski definition) is 0. The Labute approximate surface area is 138 Å². The van der Waals surface area contributed by atoms with Gasteiger partial charge in [-0.2, -0.15) is 0 Å². The van der Waals surface area contributed by atoms with Crippen LogP contribution in [0.3, 0.4) is 0 Å². The lowest BCUT2D eigenvalue weighted by Gasteiger charge is -2.27. The first-order chi connectivity index (χ1) is 11.0. The summed E-state index contributed by atoms with van der Waals surface area (Å²) in [6.45, 7) is 10.2. The van der Waals surface area contributed by atoms with Crippen LogP contribution in [0.4, 0.5) is 0 Å². The van der Waals surface area contributed by atoms with Gasteiger partial charge in [-0.3, -0.25) is 9.30 Å². The van der Waals surface area contributed by atoms with E-state index in [4.69, 9.17) is 0 Å². The fourth-order valence-electron chi connectivity index (χ4n) is 3.74. The van der Waals surface area contributed by atoms with Gasteiger partial charge in [0.1, 0.15) is 5.82 Å². The summed E-state index contributed by atoms with van der Waals surface area (Å²) < 4.78 is 2.33. The van der Waals surface area contributed by atoms with E-state index in [1.165, 1.54) is 56.5 Å². The summed E-state index contributed by atoms with van der Waals surface area (Å²) in [7, 11) is 0. The molecule has 2 aliphatic rings. The Bertz CT molecular complexity index is 700. The second kappa shape index (κ2) is 5.59. The summed E-state index contributed by atoms with van der Waals surface area (Å²) in [6, 6.07) is 4.68. The van der Waals surface area contributed by atoms with Crippen LogP contribution in [0.5, 0.6) is 0 Å². The molecule has 2 aromatic rings. The van der Waals surface area contributed by atoms with Crippen molar-refractivity contribution in [3.05, 3.63) is 29.2 Å². The number of pyridine rings is 1. The van der Waals surface area contributed by atoms with Crippen molar-refractivity contribution in [2.75, 3.05) is 13.1 Å². The van der Waals surface area contributed by atoms with Crippen LogP contribution in [-0.2, 0) is 12.0 Å². The average molecular weight is 312 g/mol. The van der Waals surface area contributed by atoms with E-state index in [-0.39, 0.29) is 5.41 Å². The zero-order valence-corrected chi connectivity index (χ0v) is 14.7. The van der Waals surface area contributed by atoms with Crippen molar-refractivity contribution in [2.24, 2.45) is 0 Å². The van der Waals surface area contributed by atoms with Crippen LogP contribution in [0.25, 0.3) is 5.65 Å². The molecule has 0 bridgehead atoms. The van der Waals surface area contributed by atoms with Gasteiger partial charge in [0.2, 0.25) is 0 Å². The maximum atomic E-state index is 4.52. The number of piperidine rings is 1. The molecule has 2 aromatic heterocycles. The van der Waals surface area contributed by atoms with E-state index in [9.17, 15) is 0 Å². The van der Waals surface area contributed by atoms with Crippen molar-refractivity contribution in [3.63, 3.8) is 0 Å². The molecular formula is C19H28N4. The second-order valence-electron chi connectivity index (χ2n) is 8.37. The average Bonchev–Trinajstić information content (AvgIpc) is 3.25. The third-order valence-corrected chi connectivity index (χ3v) is 5.12. The van der Waals surface area contributed by atoms with E-state index in [1.807, 2.05) is 0 Å². The van der Waals surface area contributed by atoms with Gasteiger partial charge in [-0.25, -0.2) is 0 Å². The first-order valence-electron chi connectivity index (χ1n) is 9.13. The molecule has 0 radical (unpaired) electrons. The van der Waals surface area contributed by atoms with Crippen molar-refractivity contribution in [1.29, 1.82) is 0 Å². The normalized spacial score (nSPS) is 20.3. The van der Waals surface area contributed by atoms with Crippen LogP contribution in [0.1, 0.15) is 75.9 Å². The van der Waals surface area contributed by atoms with Gasteiger partial charge in [-0.1, -0.05) is 27.2 Å². The molecule has 23 heavy (non-hydrogen) atoms. The van der Waals surface area contributed by atoms with Crippen LogP contribution < -0.4 is 0 Å². The molecule has 1 aliphatic heterocycles. The third kappa shape index (κ3) is 3.01. The number of fused-ring (bicyclic) bond motifs is 1. The van der Waals surface area contributed by atoms with Gasteiger partial charge in [-0.05, 0) is 62.4 Å². The number of rotatable bonds is 3. The van der Waals surface area contributed by atoms with Crippen molar-refractivity contribution in [1.82, 2.24) is 19.5 Å². The minimum absolute atomic E-state index is 0.0252. The number of nitrogens with zero attached hydrogens (tertiary/aromatic N) is 4. The van der Waals surface area contributed by atoms with Crippen molar-refractivity contribution in [2.45, 2.75) is 70.8 Å². The van der Waals surface area contributed by atoms with E-state index in [0.717, 1.165) is 18.0 Å². The SMILES string of the molecule is CC(C)(C)c1nnc2cc(CN3CCCCC3)cc(C3CC3)n12. The van der Waals surface area contributed by atoms with Gasteiger partial charge in [-0.15, -0.1) is 10.2 Å². The van der Waals surface area contributed by atoms with Crippen LogP contribution in [0, 0.1) is 0 Å². The Balaban J connectivity index is 1.73. The zero-order valence-electron chi connectivity index (χ0n) is 14.7. The molecule has 0 spiro atoms. The monoisotopic (exact) mass is 312 g/mol. The highest BCUT2D eigenvalue weighted by molar-refractivity contribution is 5.46. The number of likely N-dealkylation sites (tertiary alicyclic amines) is 1. The number of hydrogen-bond acceptors (Lipinski definition) is 3. The van der Waals surface area contributed by atoms with Gasteiger partial charge in [0.25, 0.3) is 0 Å². The van der Waals surface area contributed by atoms with E-state index < -0.39 is 0 Å². The second-order valence-corrected chi connectivity index (χ2v) is 8.37. The minimum Gasteiger partial charge on any atom is -0.299 e. The van der Waals surface area contributed by atoms with Crippen LogP contribution in [0.2, 0.25) is 0 Å². The third-order valence-electron chi connectivity index (χ3n) is 5.12. The van der Waals surface area contributed by atoms with Crippen molar-refractivity contribution in [3.8, 4) is 0 Å². The molecule has 0 aromatic carbocycles. The molecule has 4 heteroatoms. The van der Waals surface area contributed by atoms with Gasteiger partial charge in [0.15, 0.2) is 5.65 Å². The largest absolute Gasteiger partial charge is 0.299 e.